The molecule has 2 aromatic heterocycles. The van der Waals surface area contributed by atoms with Gasteiger partial charge in [-0.15, -0.1) is 0 Å². The smallest absolute Gasteiger partial charge is 0.379 e. The topological polar surface area (TPSA) is 96.3 Å². The van der Waals surface area contributed by atoms with Crippen molar-refractivity contribution in [2.24, 2.45) is 10.9 Å². The summed E-state index contributed by atoms with van der Waals surface area (Å²) in [6.07, 6.45) is 1.36. The van der Waals surface area contributed by atoms with Crippen LogP contribution >= 0.6 is 0 Å². The van der Waals surface area contributed by atoms with Crippen molar-refractivity contribution < 1.29 is 17.9 Å². The fraction of sp³-hybridized carbons (Fsp3) is 0.458. The van der Waals surface area contributed by atoms with Gasteiger partial charge < -0.3 is 20.0 Å². The van der Waals surface area contributed by atoms with Gasteiger partial charge in [-0.1, -0.05) is 12.1 Å². The molecule has 5 rings (SSSR count). The lowest BCUT2D eigenvalue weighted by Crippen LogP contribution is -2.35. The first-order valence-electron chi connectivity index (χ1n) is 11.6. The van der Waals surface area contributed by atoms with Crippen molar-refractivity contribution in [1.29, 1.82) is 0 Å². The molecule has 0 radical (unpaired) electrons. The van der Waals surface area contributed by atoms with Gasteiger partial charge >= 0.3 is 6.18 Å². The van der Waals surface area contributed by atoms with Crippen molar-refractivity contribution >= 4 is 28.6 Å². The number of nitrogens with one attached hydrogen (secondary N) is 3. The number of nitrogens with zero attached hydrogens (tertiary/aromatic N) is 3. The van der Waals surface area contributed by atoms with Crippen LogP contribution in [0.4, 0.5) is 24.7 Å². The molecule has 186 valence electrons. The maximum absolute atomic E-state index is 13.6. The standard InChI is InChI=1S/C24H27F3N6O2/c1-28-12-15-9-11-35-13-19(15)33-18-8-10-29-23(34)20(18)22(32-33)31-17-4-2-14(3-5-17)21(24(25,26)27)30-16-6-7-16/h2-5,8,10,12,15-16,19,21,30H,6-7,9,11,13H2,1H3,(H,29,34)(H,31,32). The molecular formula is C24H27F3N6O2. The summed E-state index contributed by atoms with van der Waals surface area (Å²) in [5.74, 6) is 0.428. The molecule has 3 aromatic rings. The third-order valence-electron chi connectivity index (χ3n) is 6.48. The number of halogens is 3. The summed E-state index contributed by atoms with van der Waals surface area (Å²) < 4.78 is 48.2. The second-order valence-corrected chi connectivity index (χ2v) is 9.02. The Kier molecular flexibility index (Phi) is 6.37. The predicted molar refractivity (Wildman–Crippen MR) is 127 cm³/mol. The second-order valence-electron chi connectivity index (χ2n) is 9.02. The van der Waals surface area contributed by atoms with Crippen LogP contribution in [0.15, 0.2) is 46.3 Å². The van der Waals surface area contributed by atoms with E-state index in [1.54, 1.807) is 36.1 Å². The second kappa shape index (κ2) is 9.46. The van der Waals surface area contributed by atoms with Gasteiger partial charge in [-0.05, 0) is 43.0 Å². The predicted octanol–water partition coefficient (Wildman–Crippen LogP) is 4.10. The van der Waals surface area contributed by atoms with Gasteiger partial charge in [0.05, 0.1) is 18.2 Å². The van der Waals surface area contributed by atoms with E-state index >= 15 is 0 Å². The number of fused-ring (bicyclic) bond motifs is 1. The van der Waals surface area contributed by atoms with Crippen LogP contribution in [0.3, 0.4) is 0 Å². The summed E-state index contributed by atoms with van der Waals surface area (Å²) in [4.78, 5) is 19.6. The maximum Gasteiger partial charge on any atom is 0.407 e. The van der Waals surface area contributed by atoms with E-state index < -0.39 is 12.2 Å². The Labute approximate surface area is 199 Å². The summed E-state index contributed by atoms with van der Waals surface area (Å²) in [5.41, 5.74) is 1.01. The normalized spacial score (nSPS) is 22.1. The molecular weight excluding hydrogens is 461 g/mol. The number of hydrogen-bond donors (Lipinski definition) is 3. The summed E-state index contributed by atoms with van der Waals surface area (Å²) in [5, 5.41) is 10.9. The van der Waals surface area contributed by atoms with E-state index in [-0.39, 0.29) is 29.1 Å². The fourth-order valence-electron chi connectivity index (χ4n) is 4.56. The lowest BCUT2D eigenvalue weighted by molar-refractivity contribution is -0.158. The molecule has 35 heavy (non-hydrogen) atoms. The van der Waals surface area contributed by atoms with E-state index in [9.17, 15) is 18.0 Å². The Hall–Kier alpha value is -3.18. The SMILES string of the molecule is CN=CC1CCOCC1n1nc(Nc2ccc(C(NC3CC3)C(F)(F)F)cc2)c2c(=O)[nH]ccc21. The highest BCUT2D eigenvalue weighted by molar-refractivity contribution is 5.91. The van der Waals surface area contributed by atoms with Crippen LogP contribution < -0.4 is 16.2 Å². The zero-order valence-electron chi connectivity index (χ0n) is 19.2. The molecule has 3 heterocycles. The first-order valence-corrected chi connectivity index (χ1v) is 11.6. The molecule has 0 amide bonds. The van der Waals surface area contributed by atoms with Crippen LogP contribution in [0.2, 0.25) is 0 Å². The average Bonchev–Trinajstić information content (AvgIpc) is 3.58. The fourth-order valence-corrected chi connectivity index (χ4v) is 4.56. The number of anilines is 2. The molecule has 11 heteroatoms. The number of H-pyrrole nitrogens is 1. The van der Waals surface area contributed by atoms with Gasteiger partial charge in [0.15, 0.2) is 5.82 Å². The van der Waals surface area contributed by atoms with Crippen LogP contribution in [-0.2, 0) is 4.74 Å². The summed E-state index contributed by atoms with van der Waals surface area (Å²) in [6.45, 7) is 1.06. The first kappa shape index (κ1) is 23.6. The summed E-state index contributed by atoms with van der Waals surface area (Å²) in [7, 11) is 1.72. The Bertz CT molecular complexity index is 1260. The number of aromatic amines is 1. The monoisotopic (exact) mass is 488 g/mol. The van der Waals surface area contributed by atoms with E-state index in [0.29, 0.717) is 35.6 Å². The van der Waals surface area contributed by atoms with E-state index in [1.807, 2.05) is 6.21 Å². The van der Waals surface area contributed by atoms with Crippen molar-refractivity contribution in [2.75, 3.05) is 25.6 Å². The molecule has 0 spiro atoms. The number of rotatable bonds is 7. The van der Waals surface area contributed by atoms with Gasteiger partial charge in [0.2, 0.25) is 0 Å². The lowest BCUT2D eigenvalue weighted by Gasteiger charge is -2.29. The van der Waals surface area contributed by atoms with Gasteiger partial charge in [-0.2, -0.15) is 18.3 Å². The van der Waals surface area contributed by atoms with Crippen LogP contribution in [0.25, 0.3) is 10.9 Å². The molecule has 3 atom stereocenters. The summed E-state index contributed by atoms with van der Waals surface area (Å²) in [6, 6.07) is 5.87. The number of hydrogen-bond acceptors (Lipinski definition) is 6. The van der Waals surface area contributed by atoms with E-state index in [1.165, 1.54) is 12.1 Å². The highest BCUT2D eigenvalue weighted by atomic mass is 19.4. The van der Waals surface area contributed by atoms with E-state index in [0.717, 1.165) is 19.3 Å². The molecule has 2 fully saturated rings. The molecule has 2 aliphatic rings. The molecule has 8 nitrogen and oxygen atoms in total. The third-order valence-corrected chi connectivity index (χ3v) is 6.48. The molecule has 3 unspecified atom stereocenters. The number of pyridine rings is 1. The lowest BCUT2D eigenvalue weighted by atomic mass is 9.96. The van der Waals surface area contributed by atoms with Gasteiger partial charge in [-0.3, -0.25) is 14.8 Å². The number of ether oxygens (including phenoxy) is 1. The largest absolute Gasteiger partial charge is 0.407 e. The Balaban J connectivity index is 1.46. The Morgan fingerprint density at radius 3 is 2.69 bits per heavy atom. The first-order chi connectivity index (χ1) is 16.8. The molecule has 0 bridgehead atoms. The van der Waals surface area contributed by atoms with Gasteiger partial charge in [0.1, 0.15) is 11.4 Å². The maximum atomic E-state index is 13.6. The zero-order valence-corrected chi connectivity index (χ0v) is 19.2. The van der Waals surface area contributed by atoms with Gasteiger partial charge in [0, 0.05) is 43.7 Å². The molecule has 1 aliphatic carbocycles. The Morgan fingerprint density at radius 2 is 2.00 bits per heavy atom. The number of aromatic nitrogens is 3. The van der Waals surface area contributed by atoms with Crippen molar-refractivity contribution in [3.63, 3.8) is 0 Å². The molecule has 1 saturated heterocycles. The highest BCUT2D eigenvalue weighted by Gasteiger charge is 2.43. The molecule has 3 N–H and O–H groups in total. The van der Waals surface area contributed by atoms with Gasteiger partial charge in [-0.25, -0.2) is 0 Å². The number of aliphatic imine (C=N–C) groups is 1. The minimum atomic E-state index is -4.39. The van der Waals surface area contributed by atoms with E-state index in [2.05, 4.69) is 20.6 Å². The van der Waals surface area contributed by atoms with E-state index in [4.69, 9.17) is 9.84 Å². The minimum Gasteiger partial charge on any atom is -0.379 e. The molecule has 1 saturated carbocycles. The van der Waals surface area contributed by atoms with Crippen molar-refractivity contribution in [3.8, 4) is 0 Å². The quantitative estimate of drug-likeness (QED) is 0.435. The zero-order chi connectivity index (χ0) is 24.6. The van der Waals surface area contributed by atoms with Crippen LogP contribution in [0, 0.1) is 5.92 Å². The van der Waals surface area contributed by atoms with Crippen molar-refractivity contribution in [2.45, 2.75) is 43.6 Å². The average molecular weight is 489 g/mol. The van der Waals surface area contributed by atoms with Crippen molar-refractivity contribution in [1.82, 2.24) is 20.1 Å². The highest BCUT2D eigenvalue weighted by Crippen LogP contribution is 2.37. The van der Waals surface area contributed by atoms with Crippen molar-refractivity contribution in [3.05, 3.63) is 52.4 Å². The minimum absolute atomic E-state index is 0.0909. The summed E-state index contributed by atoms with van der Waals surface area (Å²) >= 11 is 0. The van der Waals surface area contributed by atoms with Crippen LogP contribution in [0.1, 0.15) is 36.9 Å². The van der Waals surface area contributed by atoms with Crippen LogP contribution in [0.5, 0.6) is 0 Å². The Morgan fingerprint density at radius 1 is 1.23 bits per heavy atom. The van der Waals surface area contributed by atoms with Gasteiger partial charge in [0.25, 0.3) is 5.56 Å². The van der Waals surface area contributed by atoms with Crippen LogP contribution in [-0.4, -0.2) is 53.5 Å². The number of alkyl halides is 3. The molecule has 1 aromatic carbocycles. The molecule has 1 aliphatic heterocycles. The third kappa shape index (κ3) is 4.96. The number of benzene rings is 1.